The van der Waals surface area contributed by atoms with Crippen LogP contribution in [-0.2, 0) is 22.6 Å². The minimum atomic E-state index is 0.361. The molecule has 0 aromatic carbocycles. The molecule has 0 bridgehead atoms. The number of hydrogen-bond donors (Lipinski definition) is 0. The number of nitrogens with zero attached hydrogens (tertiary/aromatic N) is 2. The molecular weight excluding hydrogens is 192 g/mol. The number of rotatable bonds is 5. The van der Waals surface area contributed by atoms with E-state index in [1.165, 1.54) is 6.42 Å². The average molecular weight is 210 g/mol. The van der Waals surface area contributed by atoms with E-state index in [1.54, 1.807) is 0 Å². The molecule has 1 fully saturated rings. The molecule has 1 saturated heterocycles. The van der Waals surface area contributed by atoms with Crippen molar-refractivity contribution in [3.8, 4) is 0 Å². The molecule has 2 rings (SSSR count). The first-order valence-corrected chi connectivity index (χ1v) is 5.59. The second-order valence-electron chi connectivity index (χ2n) is 3.77. The normalized spacial score (nSPS) is 21.0. The molecule has 1 atom stereocenters. The first kappa shape index (κ1) is 10.6. The summed E-state index contributed by atoms with van der Waals surface area (Å²) in [6.07, 6.45) is 6.52. The molecule has 1 aliphatic rings. The van der Waals surface area contributed by atoms with Gasteiger partial charge in [0.2, 0.25) is 0 Å². The predicted octanol–water partition coefficient (Wildman–Crippen LogP) is 1.60. The molecular formula is C11H18N2O2. The van der Waals surface area contributed by atoms with Gasteiger partial charge in [0.25, 0.3) is 0 Å². The van der Waals surface area contributed by atoms with Crippen LogP contribution in [0.2, 0.25) is 0 Å². The highest BCUT2D eigenvalue weighted by Gasteiger charge is 2.17. The molecule has 1 aromatic rings. The summed E-state index contributed by atoms with van der Waals surface area (Å²) in [5, 5.41) is 0. The molecule has 0 N–H and O–H groups in total. The van der Waals surface area contributed by atoms with Crippen LogP contribution in [0.25, 0.3) is 0 Å². The van der Waals surface area contributed by atoms with Gasteiger partial charge in [-0.05, 0) is 19.8 Å². The van der Waals surface area contributed by atoms with Gasteiger partial charge in [-0.15, -0.1) is 0 Å². The van der Waals surface area contributed by atoms with Crippen LogP contribution in [0.15, 0.2) is 12.4 Å². The maximum absolute atomic E-state index is 5.60. The van der Waals surface area contributed by atoms with Crippen molar-refractivity contribution < 1.29 is 9.47 Å². The van der Waals surface area contributed by atoms with E-state index in [4.69, 9.17) is 9.47 Å². The SMILES string of the molecule is CCOCc1nccn1C[C@H]1CCCO1. The number of imidazole rings is 1. The van der Waals surface area contributed by atoms with Gasteiger partial charge in [-0.25, -0.2) is 4.98 Å². The minimum absolute atomic E-state index is 0.361. The quantitative estimate of drug-likeness (QED) is 0.740. The summed E-state index contributed by atoms with van der Waals surface area (Å²) >= 11 is 0. The van der Waals surface area contributed by atoms with Crippen molar-refractivity contribution in [1.82, 2.24) is 9.55 Å². The van der Waals surface area contributed by atoms with Crippen LogP contribution in [0.4, 0.5) is 0 Å². The van der Waals surface area contributed by atoms with Crippen LogP contribution >= 0.6 is 0 Å². The Morgan fingerprint density at radius 3 is 3.33 bits per heavy atom. The Bertz CT molecular complexity index is 293. The highest BCUT2D eigenvalue weighted by atomic mass is 16.5. The largest absolute Gasteiger partial charge is 0.376 e. The molecule has 1 aliphatic heterocycles. The van der Waals surface area contributed by atoms with E-state index in [-0.39, 0.29) is 0 Å². The van der Waals surface area contributed by atoms with Crippen LogP contribution in [-0.4, -0.2) is 28.9 Å². The van der Waals surface area contributed by atoms with E-state index in [0.29, 0.717) is 12.7 Å². The summed E-state index contributed by atoms with van der Waals surface area (Å²) in [5.41, 5.74) is 0. The maximum atomic E-state index is 5.60. The summed E-state index contributed by atoms with van der Waals surface area (Å²) in [6, 6.07) is 0. The minimum Gasteiger partial charge on any atom is -0.376 e. The van der Waals surface area contributed by atoms with Crippen LogP contribution < -0.4 is 0 Å². The second kappa shape index (κ2) is 5.28. The molecule has 1 aromatic heterocycles. The van der Waals surface area contributed by atoms with Crippen LogP contribution in [0, 0.1) is 0 Å². The summed E-state index contributed by atoms with van der Waals surface area (Å²) in [4.78, 5) is 4.28. The van der Waals surface area contributed by atoms with E-state index in [9.17, 15) is 0 Å². The lowest BCUT2D eigenvalue weighted by Gasteiger charge is -2.12. The van der Waals surface area contributed by atoms with Gasteiger partial charge in [0, 0.05) is 25.6 Å². The van der Waals surface area contributed by atoms with Crippen LogP contribution in [0.5, 0.6) is 0 Å². The van der Waals surface area contributed by atoms with Crippen molar-refractivity contribution in [2.45, 2.75) is 39.0 Å². The van der Waals surface area contributed by atoms with E-state index in [0.717, 1.165) is 32.0 Å². The fraction of sp³-hybridized carbons (Fsp3) is 0.727. The lowest BCUT2D eigenvalue weighted by atomic mass is 10.2. The Balaban J connectivity index is 1.91. The number of ether oxygens (including phenoxy) is 2. The zero-order valence-corrected chi connectivity index (χ0v) is 9.19. The summed E-state index contributed by atoms with van der Waals surface area (Å²) in [6.45, 7) is 5.12. The van der Waals surface area contributed by atoms with Gasteiger partial charge in [-0.2, -0.15) is 0 Å². The highest BCUT2D eigenvalue weighted by Crippen LogP contribution is 2.14. The van der Waals surface area contributed by atoms with Crippen LogP contribution in [0.3, 0.4) is 0 Å². The maximum Gasteiger partial charge on any atom is 0.134 e. The van der Waals surface area contributed by atoms with E-state index in [1.807, 2.05) is 19.3 Å². The standard InChI is InChI=1S/C11H18N2O2/c1-2-14-9-11-12-5-6-13(11)8-10-4-3-7-15-10/h5-6,10H,2-4,7-9H2,1H3/t10-/m1/s1. The van der Waals surface area contributed by atoms with Gasteiger partial charge in [0.1, 0.15) is 12.4 Å². The Morgan fingerprint density at radius 1 is 1.67 bits per heavy atom. The molecule has 0 unspecified atom stereocenters. The molecule has 4 nitrogen and oxygen atoms in total. The van der Waals surface area contributed by atoms with Crippen molar-refractivity contribution in [3.63, 3.8) is 0 Å². The first-order chi connectivity index (χ1) is 7.40. The lowest BCUT2D eigenvalue weighted by Crippen LogP contribution is -2.16. The van der Waals surface area contributed by atoms with Gasteiger partial charge in [-0.1, -0.05) is 0 Å². The van der Waals surface area contributed by atoms with Crippen molar-refractivity contribution >= 4 is 0 Å². The van der Waals surface area contributed by atoms with Gasteiger partial charge < -0.3 is 14.0 Å². The van der Waals surface area contributed by atoms with Crippen molar-refractivity contribution in [1.29, 1.82) is 0 Å². The first-order valence-electron chi connectivity index (χ1n) is 5.59. The van der Waals surface area contributed by atoms with Gasteiger partial charge >= 0.3 is 0 Å². The zero-order valence-electron chi connectivity index (χ0n) is 9.19. The van der Waals surface area contributed by atoms with Gasteiger partial charge in [-0.3, -0.25) is 0 Å². The zero-order chi connectivity index (χ0) is 10.5. The van der Waals surface area contributed by atoms with E-state index < -0.39 is 0 Å². The molecule has 0 saturated carbocycles. The fourth-order valence-corrected chi connectivity index (χ4v) is 1.85. The molecule has 0 amide bonds. The van der Waals surface area contributed by atoms with E-state index >= 15 is 0 Å². The monoisotopic (exact) mass is 210 g/mol. The summed E-state index contributed by atoms with van der Waals surface area (Å²) < 4.78 is 13.1. The molecule has 0 spiro atoms. The topological polar surface area (TPSA) is 36.3 Å². The third-order valence-electron chi connectivity index (χ3n) is 2.66. The van der Waals surface area contributed by atoms with Crippen molar-refractivity contribution in [3.05, 3.63) is 18.2 Å². The van der Waals surface area contributed by atoms with E-state index in [2.05, 4.69) is 9.55 Å². The molecule has 0 radical (unpaired) electrons. The Kier molecular flexibility index (Phi) is 3.75. The molecule has 84 valence electrons. The highest BCUT2D eigenvalue weighted by molar-refractivity contribution is 4.91. The number of aromatic nitrogens is 2. The summed E-state index contributed by atoms with van der Waals surface area (Å²) in [5.74, 6) is 0.993. The molecule has 2 heterocycles. The van der Waals surface area contributed by atoms with Crippen molar-refractivity contribution in [2.75, 3.05) is 13.2 Å². The summed E-state index contributed by atoms with van der Waals surface area (Å²) in [7, 11) is 0. The van der Waals surface area contributed by atoms with Gasteiger partial charge in [0.05, 0.1) is 12.6 Å². The Hall–Kier alpha value is -0.870. The van der Waals surface area contributed by atoms with Crippen LogP contribution in [0.1, 0.15) is 25.6 Å². The average Bonchev–Trinajstić information content (AvgIpc) is 2.87. The predicted molar refractivity (Wildman–Crippen MR) is 56.5 cm³/mol. The lowest BCUT2D eigenvalue weighted by molar-refractivity contribution is 0.0903. The fourth-order valence-electron chi connectivity index (χ4n) is 1.85. The number of hydrogen-bond acceptors (Lipinski definition) is 3. The third-order valence-corrected chi connectivity index (χ3v) is 2.66. The Morgan fingerprint density at radius 2 is 2.60 bits per heavy atom. The van der Waals surface area contributed by atoms with Gasteiger partial charge in [0.15, 0.2) is 0 Å². The smallest absolute Gasteiger partial charge is 0.134 e. The Labute approximate surface area is 90.2 Å². The second-order valence-corrected chi connectivity index (χ2v) is 3.77. The molecule has 0 aliphatic carbocycles. The molecule has 15 heavy (non-hydrogen) atoms. The van der Waals surface area contributed by atoms with Crippen molar-refractivity contribution in [2.24, 2.45) is 0 Å². The molecule has 4 heteroatoms. The third kappa shape index (κ3) is 2.79.